The van der Waals surface area contributed by atoms with Crippen LogP contribution in [0, 0.1) is 11.8 Å². The largest absolute Gasteiger partial charge is 0.389 e. The lowest BCUT2D eigenvalue weighted by molar-refractivity contribution is 0.0418. The Morgan fingerprint density at radius 1 is 1.41 bits per heavy atom. The van der Waals surface area contributed by atoms with Crippen molar-refractivity contribution in [2.24, 2.45) is 17.6 Å². The van der Waals surface area contributed by atoms with E-state index in [1.165, 1.54) is 25.7 Å². The lowest BCUT2D eigenvalue weighted by Crippen LogP contribution is -2.47. The Balaban J connectivity index is 2.00. The summed E-state index contributed by atoms with van der Waals surface area (Å²) >= 11 is 0. The van der Waals surface area contributed by atoms with Gasteiger partial charge < -0.3 is 10.8 Å². The molecule has 1 aliphatic carbocycles. The van der Waals surface area contributed by atoms with Gasteiger partial charge in [-0.25, -0.2) is 0 Å². The molecule has 1 saturated heterocycles. The van der Waals surface area contributed by atoms with Crippen LogP contribution >= 0.6 is 0 Å². The van der Waals surface area contributed by atoms with Crippen LogP contribution in [0.5, 0.6) is 0 Å². The summed E-state index contributed by atoms with van der Waals surface area (Å²) in [5, 5.41) is 10.1. The van der Waals surface area contributed by atoms with Gasteiger partial charge in [0.1, 0.15) is 0 Å². The van der Waals surface area contributed by atoms with Crippen molar-refractivity contribution in [2.75, 3.05) is 19.6 Å². The minimum Gasteiger partial charge on any atom is -0.389 e. The molecule has 0 amide bonds. The first-order valence-corrected chi connectivity index (χ1v) is 7.22. The molecule has 1 heterocycles. The average molecular weight is 240 g/mol. The number of hydrogen-bond donors (Lipinski definition) is 2. The number of nitrogens with two attached hydrogens (primary N) is 1. The molecule has 1 saturated carbocycles. The molecule has 2 rings (SSSR count). The summed E-state index contributed by atoms with van der Waals surface area (Å²) in [6.07, 6.45) is 6.11. The third-order valence-electron chi connectivity index (χ3n) is 4.90. The molecule has 0 aromatic heterocycles. The molecule has 1 aliphatic heterocycles. The first kappa shape index (κ1) is 13.3. The van der Waals surface area contributed by atoms with Gasteiger partial charge in [-0.2, -0.15) is 0 Å². The molecule has 4 unspecified atom stereocenters. The fourth-order valence-corrected chi connectivity index (χ4v) is 3.65. The van der Waals surface area contributed by atoms with E-state index in [4.69, 9.17) is 5.73 Å². The van der Waals surface area contributed by atoms with Gasteiger partial charge >= 0.3 is 0 Å². The number of hydrogen-bond acceptors (Lipinski definition) is 3. The summed E-state index contributed by atoms with van der Waals surface area (Å²) < 4.78 is 0. The van der Waals surface area contributed by atoms with E-state index < -0.39 is 5.60 Å². The van der Waals surface area contributed by atoms with Crippen LogP contribution in [0.4, 0.5) is 0 Å². The van der Waals surface area contributed by atoms with Crippen molar-refractivity contribution >= 4 is 0 Å². The Kier molecular flexibility index (Phi) is 4.11. The summed E-state index contributed by atoms with van der Waals surface area (Å²) in [5.74, 6) is 1.51. The van der Waals surface area contributed by atoms with Crippen molar-refractivity contribution in [3.05, 3.63) is 0 Å². The highest BCUT2D eigenvalue weighted by molar-refractivity contribution is 4.94. The summed E-state index contributed by atoms with van der Waals surface area (Å²) in [6, 6.07) is 0.618. The van der Waals surface area contributed by atoms with Gasteiger partial charge in [0.2, 0.25) is 0 Å². The molecule has 0 spiro atoms. The van der Waals surface area contributed by atoms with Crippen LogP contribution < -0.4 is 5.73 Å². The van der Waals surface area contributed by atoms with Crippen molar-refractivity contribution in [3.63, 3.8) is 0 Å². The molecular weight excluding hydrogens is 212 g/mol. The Morgan fingerprint density at radius 3 is 2.71 bits per heavy atom. The van der Waals surface area contributed by atoms with Crippen molar-refractivity contribution in [2.45, 2.75) is 57.6 Å². The van der Waals surface area contributed by atoms with Crippen LogP contribution in [0.25, 0.3) is 0 Å². The van der Waals surface area contributed by atoms with Crippen molar-refractivity contribution < 1.29 is 5.11 Å². The van der Waals surface area contributed by atoms with Gasteiger partial charge in [0.05, 0.1) is 5.60 Å². The number of nitrogens with zero attached hydrogens (tertiary/aromatic N) is 1. The van der Waals surface area contributed by atoms with Crippen molar-refractivity contribution in [1.29, 1.82) is 0 Å². The predicted octanol–water partition coefficient (Wildman–Crippen LogP) is 1.60. The minimum atomic E-state index is -0.474. The Bertz CT molecular complexity index is 255. The predicted molar refractivity (Wildman–Crippen MR) is 70.8 cm³/mol. The second-order valence-electron chi connectivity index (χ2n) is 6.37. The van der Waals surface area contributed by atoms with Gasteiger partial charge in [-0.05, 0) is 44.6 Å². The van der Waals surface area contributed by atoms with Gasteiger partial charge in [0.15, 0.2) is 0 Å². The Hall–Kier alpha value is -0.120. The molecule has 100 valence electrons. The fraction of sp³-hybridized carbons (Fsp3) is 1.00. The zero-order valence-electron chi connectivity index (χ0n) is 11.4. The van der Waals surface area contributed by atoms with Crippen LogP contribution in [0.2, 0.25) is 0 Å². The SMILES string of the molecule is CCC1CCC(CN)C(N2CCC(C)(O)C2)C1. The van der Waals surface area contributed by atoms with E-state index in [9.17, 15) is 5.11 Å². The van der Waals surface area contributed by atoms with Crippen molar-refractivity contribution in [3.8, 4) is 0 Å². The fourth-order valence-electron chi connectivity index (χ4n) is 3.65. The maximum atomic E-state index is 10.1. The maximum Gasteiger partial charge on any atom is 0.0758 e. The molecular formula is C14H28N2O. The Labute approximate surface area is 105 Å². The second-order valence-corrected chi connectivity index (χ2v) is 6.37. The van der Waals surface area contributed by atoms with Crippen LogP contribution in [0.3, 0.4) is 0 Å². The van der Waals surface area contributed by atoms with E-state index in [2.05, 4.69) is 11.8 Å². The smallest absolute Gasteiger partial charge is 0.0758 e. The van der Waals surface area contributed by atoms with Gasteiger partial charge in [-0.3, -0.25) is 4.90 Å². The van der Waals surface area contributed by atoms with E-state index in [-0.39, 0.29) is 0 Å². The molecule has 3 heteroatoms. The Morgan fingerprint density at radius 2 is 2.18 bits per heavy atom. The highest BCUT2D eigenvalue weighted by Gasteiger charge is 2.39. The number of aliphatic hydroxyl groups is 1. The quantitative estimate of drug-likeness (QED) is 0.788. The number of β-amino-alcohol motifs (C(OH)–C–C–N with tert-alkyl or cyclic N) is 1. The molecule has 4 atom stereocenters. The van der Waals surface area contributed by atoms with E-state index in [1.807, 2.05) is 6.92 Å². The average Bonchev–Trinajstić information content (AvgIpc) is 2.68. The van der Waals surface area contributed by atoms with Gasteiger partial charge in [0.25, 0.3) is 0 Å². The minimum absolute atomic E-state index is 0.474. The number of likely N-dealkylation sites (tertiary alicyclic amines) is 1. The normalized spacial score (nSPS) is 44.1. The molecule has 2 aliphatic rings. The standard InChI is InChI=1S/C14H28N2O/c1-3-11-4-5-12(9-15)13(8-11)16-7-6-14(2,17)10-16/h11-13,17H,3-10,15H2,1-2H3. The molecule has 2 fully saturated rings. The summed E-state index contributed by atoms with van der Waals surface area (Å²) in [5.41, 5.74) is 5.45. The van der Waals surface area contributed by atoms with E-state index in [0.29, 0.717) is 12.0 Å². The summed E-state index contributed by atoms with van der Waals surface area (Å²) in [7, 11) is 0. The lowest BCUT2D eigenvalue weighted by atomic mass is 9.76. The van der Waals surface area contributed by atoms with Crippen LogP contribution in [-0.2, 0) is 0 Å². The molecule has 0 bridgehead atoms. The number of rotatable bonds is 3. The highest BCUT2D eigenvalue weighted by atomic mass is 16.3. The lowest BCUT2D eigenvalue weighted by Gasteiger charge is -2.41. The second kappa shape index (κ2) is 5.25. The maximum absolute atomic E-state index is 10.1. The van der Waals surface area contributed by atoms with Gasteiger partial charge in [-0.15, -0.1) is 0 Å². The topological polar surface area (TPSA) is 49.5 Å². The first-order chi connectivity index (χ1) is 8.05. The zero-order chi connectivity index (χ0) is 12.5. The van der Waals surface area contributed by atoms with Crippen LogP contribution in [0.15, 0.2) is 0 Å². The van der Waals surface area contributed by atoms with E-state index in [0.717, 1.165) is 32.0 Å². The molecule has 0 aromatic rings. The van der Waals surface area contributed by atoms with Crippen LogP contribution in [0.1, 0.15) is 46.0 Å². The highest BCUT2D eigenvalue weighted by Crippen LogP contribution is 2.36. The summed E-state index contributed by atoms with van der Waals surface area (Å²) in [4.78, 5) is 2.50. The van der Waals surface area contributed by atoms with E-state index >= 15 is 0 Å². The van der Waals surface area contributed by atoms with E-state index in [1.54, 1.807) is 0 Å². The zero-order valence-corrected chi connectivity index (χ0v) is 11.4. The third kappa shape index (κ3) is 3.01. The molecule has 0 aromatic carbocycles. The monoisotopic (exact) mass is 240 g/mol. The summed E-state index contributed by atoms with van der Waals surface area (Å²) in [6.45, 7) is 6.95. The van der Waals surface area contributed by atoms with Crippen molar-refractivity contribution in [1.82, 2.24) is 4.90 Å². The van der Waals surface area contributed by atoms with Crippen LogP contribution in [-0.4, -0.2) is 41.3 Å². The first-order valence-electron chi connectivity index (χ1n) is 7.22. The molecule has 3 nitrogen and oxygen atoms in total. The molecule has 3 N–H and O–H groups in total. The van der Waals surface area contributed by atoms with Gasteiger partial charge in [0, 0.05) is 19.1 Å². The van der Waals surface area contributed by atoms with Gasteiger partial charge in [-0.1, -0.05) is 19.8 Å². The molecule has 0 radical (unpaired) electrons. The third-order valence-corrected chi connectivity index (χ3v) is 4.90. The molecule has 17 heavy (non-hydrogen) atoms.